The number of nitrogens with one attached hydrogen (secondary N) is 2. The predicted molar refractivity (Wildman–Crippen MR) is 156 cm³/mol. The molecular formula is C28H31F3N8O3. The van der Waals surface area contributed by atoms with Crippen molar-refractivity contribution in [1.82, 2.24) is 24.0 Å². The molecule has 0 unspecified atom stereocenters. The fourth-order valence-corrected chi connectivity index (χ4v) is 4.32. The number of halogens is 3. The van der Waals surface area contributed by atoms with Gasteiger partial charge in [-0.1, -0.05) is 18.7 Å². The smallest absolute Gasteiger partial charge is 0.406 e. The molecule has 0 saturated heterocycles. The summed E-state index contributed by atoms with van der Waals surface area (Å²) in [7, 11) is 7.28. The van der Waals surface area contributed by atoms with Crippen LogP contribution in [-0.2, 0) is 11.3 Å². The summed E-state index contributed by atoms with van der Waals surface area (Å²) in [6, 6.07) is 11.0. The van der Waals surface area contributed by atoms with E-state index in [1.54, 1.807) is 30.3 Å². The van der Waals surface area contributed by atoms with Gasteiger partial charge in [-0.15, -0.1) is 0 Å². The van der Waals surface area contributed by atoms with Crippen LogP contribution in [0, 0.1) is 0 Å². The Hall–Kier alpha value is -4.85. The van der Waals surface area contributed by atoms with Crippen LogP contribution >= 0.6 is 0 Å². The second-order valence-corrected chi connectivity index (χ2v) is 9.66. The number of para-hydroxylation sites is 2. The lowest BCUT2D eigenvalue weighted by Gasteiger charge is -2.26. The molecule has 0 atom stereocenters. The van der Waals surface area contributed by atoms with E-state index in [0.29, 0.717) is 33.9 Å². The number of hydrogen-bond donors (Lipinski definition) is 2. The van der Waals surface area contributed by atoms with E-state index in [1.165, 1.54) is 25.4 Å². The third-order valence-electron chi connectivity index (χ3n) is 6.34. The fourth-order valence-electron chi connectivity index (χ4n) is 4.32. The Morgan fingerprint density at radius 1 is 1.10 bits per heavy atom. The maximum absolute atomic E-state index is 13.3. The summed E-state index contributed by atoms with van der Waals surface area (Å²) in [6.45, 7) is 3.49. The monoisotopic (exact) mass is 584 g/mol. The van der Waals surface area contributed by atoms with Gasteiger partial charge in [-0.3, -0.25) is 9.36 Å². The molecule has 1 amide bonds. The minimum Gasteiger partial charge on any atom is -0.494 e. The van der Waals surface area contributed by atoms with Crippen molar-refractivity contribution in [2.45, 2.75) is 12.7 Å². The molecule has 222 valence electrons. The first-order valence-electron chi connectivity index (χ1n) is 12.8. The van der Waals surface area contributed by atoms with E-state index in [-0.39, 0.29) is 22.8 Å². The number of nitrogens with zero attached hydrogens (tertiary/aromatic N) is 6. The average Bonchev–Trinajstić information content (AvgIpc) is 3.21. The van der Waals surface area contributed by atoms with Crippen LogP contribution in [0.4, 0.5) is 36.2 Å². The van der Waals surface area contributed by atoms with Crippen LogP contribution in [0.15, 0.2) is 66.1 Å². The Bertz CT molecular complexity index is 1660. The van der Waals surface area contributed by atoms with E-state index in [9.17, 15) is 22.8 Å². The number of amides is 1. The number of anilines is 4. The number of fused-ring (bicyclic) bond motifs is 1. The summed E-state index contributed by atoms with van der Waals surface area (Å²) in [6.07, 6.45) is -2.07. The van der Waals surface area contributed by atoms with E-state index >= 15 is 0 Å². The van der Waals surface area contributed by atoms with Gasteiger partial charge in [0, 0.05) is 38.5 Å². The van der Waals surface area contributed by atoms with Crippen molar-refractivity contribution in [3.63, 3.8) is 0 Å². The first-order chi connectivity index (χ1) is 19.9. The van der Waals surface area contributed by atoms with Gasteiger partial charge in [-0.05, 0) is 38.4 Å². The number of benzene rings is 2. The van der Waals surface area contributed by atoms with E-state index in [0.717, 1.165) is 17.2 Å². The Morgan fingerprint density at radius 3 is 2.45 bits per heavy atom. The molecule has 42 heavy (non-hydrogen) atoms. The molecule has 11 nitrogen and oxygen atoms in total. The Morgan fingerprint density at radius 2 is 1.81 bits per heavy atom. The molecule has 2 aromatic carbocycles. The average molecular weight is 585 g/mol. The Labute approximate surface area is 239 Å². The molecule has 0 spiro atoms. The van der Waals surface area contributed by atoms with Crippen LogP contribution in [0.5, 0.6) is 5.75 Å². The van der Waals surface area contributed by atoms with Gasteiger partial charge in [0.2, 0.25) is 11.9 Å². The molecule has 2 N–H and O–H groups in total. The van der Waals surface area contributed by atoms with Crippen molar-refractivity contribution in [2.24, 2.45) is 0 Å². The molecule has 0 fully saturated rings. The first kappa shape index (κ1) is 30.1. The zero-order valence-corrected chi connectivity index (χ0v) is 23.6. The third-order valence-corrected chi connectivity index (χ3v) is 6.34. The van der Waals surface area contributed by atoms with Gasteiger partial charge in [0.15, 0.2) is 0 Å². The summed E-state index contributed by atoms with van der Waals surface area (Å²) >= 11 is 0. The molecule has 4 rings (SSSR count). The fraction of sp³-hybridized carbons (Fsp3) is 0.286. The number of aromatic nitrogens is 4. The normalized spacial score (nSPS) is 11.5. The molecular weight excluding hydrogens is 553 g/mol. The minimum atomic E-state index is -4.60. The highest BCUT2D eigenvalue weighted by atomic mass is 19.4. The number of imidazole rings is 1. The topological polar surface area (TPSA) is 110 Å². The Balaban J connectivity index is 1.76. The van der Waals surface area contributed by atoms with Crippen LogP contribution in [-0.4, -0.2) is 77.4 Å². The second-order valence-electron chi connectivity index (χ2n) is 9.66. The number of alkyl halides is 3. The van der Waals surface area contributed by atoms with Crippen molar-refractivity contribution in [2.75, 3.05) is 56.9 Å². The lowest BCUT2D eigenvalue weighted by atomic mass is 10.2. The highest BCUT2D eigenvalue weighted by Gasteiger charge is 2.31. The highest BCUT2D eigenvalue weighted by Crippen LogP contribution is 2.38. The van der Waals surface area contributed by atoms with Gasteiger partial charge >= 0.3 is 11.9 Å². The molecule has 2 heterocycles. The van der Waals surface area contributed by atoms with Gasteiger partial charge in [0.25, 0.3) is 0 Å². The second kappa shape index (κ2) is 12.3. The molecule has 0 aliphatic rings. The molecule has 2 aromatic heterocycles. The Kier molecular flexibility index (Phi) is 8.85. The van der Waals surface area contributed by atoms with E-state index < -0.39 is 24.3 Å². The number of carbonyl (C=O) groups is 1. The van der Waals surface area contributed by atoms with Gasteiger partial charge in [0.05, 0.1) is 35.2 Å². The van der Waals surface area contributed by atoms with Crippen LogP contribution in [0.1, 0.15) is 0 Å². The zero-order chi connectivity index (χ0) is 30.6. The molecule has 4 aromatic rings. The molecule has 0 bridgehead atoms. The van der Waals surface area contributed by atoms with Crippen molar-refractivity contribution >= 4 is 40.0 Å². The standard InChI is InChI=1S/C28H31F3N8O3/c1-6-25(40)33-18-15-19(23(42-5)16-22(18)37(4)14-13-36(2)3)34-26-32-12-11-24(35-26)39-21-10-8-7-9-20(21)38(27(39)41)17-28(29,30)31/h6-12,15-16H,1,13-14,17H2,2-5H3,(H,33,40)(H,32,34,35). The summed E-state index contributed by atoms with van der Waals surface area (Å²) < 4.78 is 47.2. The molecule has 0 aliphatic heterocycles. The highest BCUT2D eigenvalue weighted by molar-refractivity contribution is 6.02. The van der Waals surface area contributed by atoms with Gasteiger partial charge in [-0.2, -0.15) is 18.2 Å². The molecule has 0 radical (unpaired) electrons. The van der Waals surface area contributed by atoms with Crippen molar-refractivity contribution in [3.05, 3.63) is 71.8 Å². The van der Waals surface area contributed by atoms with Gasteiger partial charge < -0.3 is 25.2 Å². The van der Waals surface area contributed by atoms with E-state index in [1.807, 2.05) is 30.9 Å². The number of rotatable bonds is 11. The lowest BCUT2D eigenvalue weighted by Crippen LogP contribution is -2.29. The van der Waals surface area contributed by atoms with E-state index in [2.05, 4.69) is 27.2 Å². The van der Waals surface area contributed by atoms with Crippen molar-refractivity contribution in [3.8, 4) is 11.6 Å². The number of methoxy groups -OCH3 is 1. The number of ether oxygens (including phenoxy) is 1. The van der Waals surface area contributed by atoms with E-state index in [4.69, 9.17) is 4.74 Å². The van der Waals surface area contributed by atoms with Crippen LogP contribution in [0.3, 0.4) is 0 Å². The maximum Gasteiger partial charge on any atom is 0.406 e. The van der Waals surface area contributed by atoms with Gasteiger partial charge in [-0.25, -0.2) is 14.3 Å². The lowest BCUT2D eigenvalue weighted by molar-refractivity contribution is -0.140. The summed E-state index contributed by atoms with van der Waals surface area (Å²) in [5, 5.41) is 5.84. The largest absolute Gasteiger partial charge is 0.494 e. The zero-order valence-electron chi connectivity index (χ0n) is 23.6. The van der Waals surface area contributed by atoms with Crippen LogP contribution in [0.2, 0.25) is 0 Å². The minimum absolute atomic E-state index is 0.0417. The van der Waals surface area contributed by atoms with Crippen molar-refractivity contribution in [1.29, 1.82) is 0 Å². The maximum atomic E-state index is 13.3. The van der Waals surface area contributed by atoms with Crippen molar-refractivity contribution < 1.29 is 22.7 Å². The third kappa shape index (κ3) is 6.71. The first-order valence-corrected chi connectivity index (χ1v) is 12.8. The van der Waals surface area contributed by atoms with Gasteiger partial charge in [0.1, 0.15) is 18.1 Å². The summed E-state index contributed by atoms with van der Waals surface area (Å²) in [4.78, 5) is 38.1. The predicted octanol–water partition coefficient (Wildman–Crippen LogP) is 4.02. The number of hydrogen-bond acceptors (Lipinski definition) is 8. The number of likely N-dealkylation sites (N-methyl/N-ethyl adjacent to an activating group) is 2. The SMILES string of the molecule is C=CC(=O)Nc1cc(Nc2nccc(-n3c(=O)n(CC(F)(F)F)c4ccccc43)n2)c(OC)cc1N(C)CCN(C)C. The number of carbonyl (C=O) groups excluding carboxylic acids is 1. The van der Waals surface area contributed by atoms with Crippen LogP contribution < -0.4 is 26.0 Å². The summed E-state index contributed by atoms with van der Waals surface area (Å²) in [5.74, 6) is 0.0985. The molecule has 0 saturated carbocycles. The van der Waals surface area contributed by atoms with Crippen LogP contribution in [0.25, 0.3) is 16.9 Å². The molecule has 0 aliphatic carbocycles. The summed E-state index contributed by atoms with van der Waals surface area (Å²) in [5.41, 5.74) is 1.03. The molecule has 14 heteroatoms. The quantitative estimate of drug-likeness (QED) is 0.255.